The van der Waals surface area contributed by atoms with E-state index in [1.54, 1.807) is 0 Å². The molecule has 0 spiro atoms. The third-order valence-electron chi connectivity index (χ3n) is 17.0. The number of fused-ring (bicyclic) bond motifs is 13. The van der Waals surface area contributed by atoms with E-state index in [9.17, 15) is 2.74 Å². The molecule has 1 aliphatic rings. The maximum Gasteiger partial charge on any atom is 0.268 e. The Labute approximate surface area is 527 Å². The van der Waals surface area contributed by atoms with Gasteiger partial charge in [-0.1, -0.05) is 211 Å². The number of furan rings is 1. The van der Waals surface area contributed by atoms with E-state index in [0.29, 0.717) is 22.7 Å². The molecule has 11 aromatic carbocycles. The molecule has 0 unspecified atom stereocenters. The predicted molar refractivity (Wildman–Crippen MR) is 351 cm³/mol. The van der Waals surface area contributed by atoms with E-state index in [0.717, 1.165) is 122 Å². The molecule has 0 saturated heterocycles. The van der Waals surface area contributed by atoms with Crippen LogP contribution in [0.3, 0.4) is 0 Å². The first-order chi connectivity index (χ1) is 44.0. The summed E-state index contributed by atoms with van der Waals surface area (Å²) < 4.78 is 65.2. The number of pyridine rings is 1. The summed E-state index contributed by atoms with van der Waals surface area (Å²) in [5.41, 5.74) is 18.1. The average Bonchev–Trinajstić information content (AvgIpc) is 1.70. The molecule has 1 aliphatic heterocycles. The Morgan fingerprint density at radius 2 is 1.16 bits per heavy atom. The van der Waals surface area contributed by atoms with Crippen LogP contribution in [0.25, 0.3) is 139 Å². The fourth-order valence-corrected chi connectivity index (χ4v) is 12.8. The van der Waals surface area contributed by atoms with E-state index >= 15 is 0 Å². The van der Waals surface area contributed by atoms with Crippen molar-refractivity contribution in [3.63, 3.8) is 0 Å². The topological polar surface area (TPSA) is 49.0 Å². The number of imidazole rings is 1. The molecule has 6 nitrogen and oxygen atoms in total. The van der Waals surface area contributed by atoms with E-state index in [1.807, 2.05) is 79.0 Å². The first-order valence-electron chi connectivity index (χ1n) is 31.6. The Bertz CT molecular complexity index is 5530. The molecular formula is C80H58N4O2Pt-2. The minimum Gasteiger partial charge on any atom is -0.510 e. The fraction of sp³-hybridized carbons (Fsp3) is 0.100. The second kappa shape index (κ2) is 20.7. The summed E-state index contributed by atoms with van der Waals surface area (Å²) in [5.74, 6) is 1.79. The van der Waals surface area contributed by atoms with Crippen molar-refractivity contribution in [2.45, 2.75) is 52.4 Å². The van der Waals surface area contributed by atoms with Crippen molar-refractivity contribution in [3.8, 4) is 95.5 Å². The van der Waals surface area contributed by atoms with E-state index in [2.05, 4.69) is 207 Å². The van der Waals surface area contributed by atoms with E-state index in [4.69, 9.17) is 18.3 Å². The van der Waals surface area contributed by atoms with Gasteiger partial charge in [-0.25, -0.2) is 4.98 Å². The van der Waals surface area contributed by atoms with Crippen molar-refractivity contribution in [1.29, 1.82) is 0 Å². The van der Waals surface area contributed by atoms with E-state index in [1.165, 1.54) is 11.1 Å². The third kappa shape index (κ3) is 9.04. The first-order valence-corrected chi connectivity index (χ1v) is 29.1. The van der Waals surface area contributed by atoms with Gasteiger partial charge in [-0.2, -0.15) is 18.2 Å². The van der Waals surface area contributed by atoms with Crippen LogP contribution in [0.15, 0.2) is 247 Å². The maximum absolute atomic E-state index is 9.46. The van der Waals surface area contributed by atoms with Crippen LogP contribution in [0, 0.1) is 18.5 Å². The summed E-state index contributed by atoms with van der Waals surface area (Å²) in [6.07, 6.45) is 5.86. The second-order valence-corrected chi connectivity index (χ2v) is 24.4. The molecule has 0 atom stereocenters. The van der Waals surface area contributed by atoms with Gasteiger partial charge in [0, 0.05) is 55.1 Å². The van der Waals surface area contributed by atoms with Crippen LogP contribution in [0.5, 0.6) is 11.5 Å². The molecule has 7 heteroatoms. The minimum absolute atomic E-state index is 0. The number of ether oxygens (including phenoxy) is 1. The molecule has 16 rings (SSSR count). The second-order valence-electron chi connectivity index (χ2n) is 24.4. The van der Waals surface area contributed by atoms with Gasteiger partial charge in [-0.15, -0.1) is 29.7 Å². The van der Waals surface area contributed by atoms with Crippen molar-refractivity contribution < 1.29 is 41.6 Å². The van der Waals surface area contributed by atoms with Gasteiger partial charge in [0.1, 0.15) is 17.0 Å². The number of aromatic nitrogens is 4. The van der Waals surface area contributed by atoms with Crippen molar-refractivity contribution >= 4 is 54.8 Å². The molecule has 0 amide bonds. The van der Waals surface area contributed by atoms with Crippen LogP contribution in [0.2, 0.25) is 0 Å². The summed E-state index contributed by atoms with van der Waals surface area (Å²) in [7, 11) is 0. The van der Waals surface area contributed by atoms with E-state index < -0.39 is 18.1 Å². The first kappa shape index (κ1) is 48.4. The van der Waals surface area contributed by atoms with Gasteiger partial charge in [0.15, 0.2) is 0 Å². The standard InChI is InChI=1S/C80H58N4O2.Pt/c1-79(2,3)54-36-33-50(34-37-54)53-44-69-61-23-10-11-26-65(61)76-59(51-19-8-7-9-20-51)27-17-29-66(76)67-30-18-28-60(52-35-40-74-68(43-52)64-25-13-15-32-73(64)86-74)77(67)83-49-82(72(45-53)78(69)83)56-21-16-22-57(47-56)85-58-38-39-63-62-24-12-14-31-70(62)84(71(63)48-58)75-46-55(41-42-81-75)80(4,5)6;/h7-46H,1-6H3;/q-2;/i7D,8D,9D,19D,20D;. The molecular weight excluding hydrogens is 1240 g/mol. The molecule has 0 aliphatic carbocycles. The van der Waals surface area contributed by atoms with Gasteiger partial charge in [-0.05, 0) is 142 Å². The normalized spacial score (nSPS) is 13.0. The van der Waals surface area contributed by atoms with Gasteiger partial charge in [0.2, 0.25) is 0 Å². The molecule has 0 radical (unpaired) electrons. The van der Waals surface area contributed by atoms with Crippen LogP contribution in [0.4, 0.5) is 0 Å². The Morgan fingerprint density at radius 1 is 0.483 bits per heavy atom. The number of rotatable bonds is 7. The number of hydrogen-bond acceptors (Lipinski definition) is 3. The Balaban J connectivity index is 0.00000702. The monoisotopic (exact) mass is 1310 g/mol. The van der Waals surface area contributed by atoms with E-state index in [-0.39, 0.29) is 49.5 Å². The van der Waals surface area contributed by atoms with Crippen LogP contribution in [-0.2, 0) is 31.9 Å². The maximum atomic E-state index is 9.46. The quantitative estimate of drug-likeness (QED) is 0.118. The fourth-order valence-electron chi connectivity index (χ4n) is 12.8. The van der Waals surface area contributed by atoms with Crippen molar-refractivity contribution in [2.75, 3.05) is 0 Å². The summed E-state index contributed by atoms with van der Waals surface area (Å²) in [5, 5.41) is 4.09. The zero-order chi connectivity index (χ0) is 62.4. The Hall–Kier alpha value is -9.87. The zero-order valence-corrected chi connectivity index (χ0v) is 50.9. The SMILES string of the molecule is [2H]c1c([2H])c([2H])c(-c2cccc3c2-c2ccccc2-c2cc(-c4ccc(C(C)(C)C)cc4)cc4c2[n+]([c-]n4-c2[c-]c(Oc4[c-]c5c(cc4)c4ccccc4n5-c4cc(C(C)(C)C)ccn4)ccc2)-c2c(-c4ccc5oc6ccccc6c5c4)cccc2-3)c([2H])c1[2H].[Pt]. The Morgan fingerprint density at radius 3 is 1.98 bits per heavy atom. The van der Waals surface area contributed by atoms with Crippen molar-refractivity contribution in [3.05, 3.63) is 272 Å². The Kier molecular flexibility index (Phi) is 11.5. The largest absolute Gasteiger partial charge is 0.510 e. The number of nitrogens with zero attached hydrogens (tertiary/aromatic N) is 4. The summed E-state index contributed by atoms with van der Waals surface area (Å²) in [6, 6.07) is 76.4. The summed E-state index contributed by atoms with van der Waals surface area (Å²) in [4.78, 5) is 4.92. The number of benzene rings is 11. The molecule has 87 heavy (non-hydrogen) atoms. The summed E-state index contributed by atoms with van der Waals surface area (Å²) in [6.45, 7) is 13.3. The number of hydrogen-bond donors (Lipinski definition) is 0. The van der Waals surface area contributed by atoms with Crippen molar-refractivity contribution in [1.82, 2.24) is 14.1 Å². The van der Waals surface area contributed by atoms with Crippen LogP contribution < -0.4 is 9.30 Å². The smallest absolute Gasteiger partial charge is 0.268 e. The minimum atomic E-state index is -0.449. The third-order valence-corrected chi connectivity index (χ3v) is 17.0. The predicted octanol–water partition coefficient (Wildman–Crippen LogP) is 20.4. The molecule has 0 bridgehead atoms. The van der Waals surface area contributed by atoms with Crippen LogP contribution in [0.1, 0.15) is 59.5 Å². The average molecular weight is 1310 g/mol. The molecule has 0 fully saturated rings. The van der Waals surface area contributed by atoms with Gasteiger partial charge in [-0.3, -0.25) is 4.57 Å². The molecule has 15 aromatic rings. The molecule has 0 N–H and O–H groups in total. The molecule has 422 valence electrons. The van der Waals surface area contributed by atoms with Gasteiger partial charge >= 0.3 is 0 Å². The van der Waals surface area contributed by atoms with Crippen molar-refractivity contribution in [2.24, 2.45) is 0 Å². The summed E-state index contributed by atoms with van der Waals surface area (Å²) >= 11 is 0. The number of para-hydroxylation sites is 3. The molecule has 4 aromatic heterocycles. The van der Waals surface area contributed by atoms with Gasteiger partial charge in [0.05, 0.1) is 23.6 Å². The van der Waals surface area contributed by atoms with Gasteiger partial charge < -0.3 is 18.3 Å². The zero-order valence-electron chi connectivity index (χ0n) is 53.6. The molecule has 0 saturated carbocycles. The molecule has 5 heterocycles. The van der Waals surface area contributed by atoms with Crippen LogP contribution >= 0.6 is 0 Å². The van der Waals surface area contributed by atoms with Crippen LogP contribution in [-0.4, -0.2) is 14.1 Å². The van der Waals surface area contributed by atoms with Gasteiger partial charge in [0.25, 0.3) is 6.33 Å².